The molecular weight excluding hydrogens is 442 g/mol. The predicted octanol–water partition coefficient (Wildman–Crippen LogP) is 6.70. The highest BCUT2D eigenvalue weighted by molar-refractivity contribution is 8.18. The molecule has 1 saturated heterocycles. The van der Waals surface area contributed by atoms with Crippen molar-refractivity contribution in [3.05, 3.63) is 119 Å². The van der Waals surface area contributed by atoms with Gasteiger partial charge in [-0.25, -0.2) is 0 Å². The van der Waals surface area contributed by atoms with Gasteiger partial charge in [0.15, 0.2) is 0 Å². The normalized spacial score (nSPS) is 14.8. The molecule has 0 aliphatic carbocycles. The van der Waals surface area contributed by atoms with Crippen LogP contribution in [0.2, 0.25) is 0 Å². The lowest BCUT2D eigenvalue weighted by Gasteiger charge is -2.12. The first kappa shape index (κ1) is 22.0. The number of benzene rings is 4. The lowest BCUT2D eigenvalue weighted by Crippen LogP contribution is -2.30. The van der Waals surface area contributed by atoms with E-state index in [1.54, 1.807) is 6.08 Å². The number of thioether (sulfide) groups is 1. The molecule has 0 aromatic heterocycles. The van der Waals surface area contributed by atoms with Crippen LogP contribution in [0.15, 0.2) is 102 Å². The molecule has 1 fully saturated rings. The standard InChI is InChI=1S/C29H23NO3S/c31-28-27(34-29(32)30(28)17-16-21-8-2-1-3-9-21)19-22-10-6-14-25(18-22)33-20-24-13-7-12-23-11-4-5-15-26(23)24/h1-15,18-19H,16-17,20H2/b27-19+. The molecule has 0 bridgehead atoms. The highest BCUT2D eigenvalue weighted by Crippen LogP contribution is 2.33. The lowest BCUT2D eigenvalue weighted by atomic mass is 10.1. The first-order valence-corrected chi connectivity index (χ1v) is 12.0. The van der Waals surface area contributed by atoms with Crippen LogP contribution in [-0.2, 0) is 17.8 Å². The second kappa shape index (κ2) is 9.98. The van der Waals surface area contributed by atoms with Crippen molar-refractivity contribution in [1.82, 2.24) is 4.90 Å². The van der Waals surface area contributed by atoms with Crippen molar-refractivity contribution in [3.63, 3.8) is 0 Å². The predicted molar refractivity (Wildman–Crippen MR) is 138 cm³/mol. The van der Waals surface area contributed by atoms with Crippen LogP contribution in [0.1, 0.15) is 16.7 Å². The van der Waals surface area contributed by atoms with Crippen LogP contribution in [0.4, 0.5) is 4.79 Å². The molecule has 5 heteroatoms. The van der Waals surface area contributed by atoms with Crippen LogP contribution < -0.4 is 4.74 Å². The van der Waals surface area contributed by atoms with Gasteiger partial charge in [-0.15, -0.1) is 0 Å². The molecule has 0 N–H and O–H groups in total. The van der Waals surface area contributed by atoms with Crippen molar-refractivity contribution in [1.29, 1.82) is 0 Å². The average Bonchev–Trinajstić information content (AvgIpc) is 3.14. The molecular formula is C29H23NO3S. The minimum Gasteiger partial charge on any atom is -0.489 e. The van der Waals surface area contributed by atoms with E-state index in [4.69, 9.17) is 4.74 Å². The summed E-state index contributed by atoms with van der Waals surface area (Å²) in [6, 6.07) is 31.9. The van der Waals surface area contributed by atoms with Gasteiger partial charge >= 0.3 is 0 Å². The summed E-state index contributed by atoms with van der Waals surface area (Å²) in [6.45, 7) is 0.820. The topological polar surface area (TPSA) is 46.6 Å². The van der Waals surface area contributed by atoms with Crippen LogP contribution in [0.25, 0.3) is 16.8 Å². The first-order chi connectivity index (χ1) is 16.7. The molecule has 1 heterocycles. The van der Waals surface area contributed by atoms with Crippen LogP contribution in [0.5, 0.6) is 5.75 Å². The van der Waals surface area contributed by atoms with Crippen molar-refractivity contribution >= 4 is 39.8 Å². The molecule has 34 heavy (non-hydrogen) atoms. The van der Waals surface area contributed by atoms with Gasteiger partial charge < -0.3 is 4.74 Å². The minimum atomic E-state index is -0.243. The van der Waals surface area contributed by atoms with Crippen molar-refractivity contribution in [2.45, 2.75) is 13.0 Å². The van der Waals surface area contributed by atoms with Gasteiger partial charge in [0.05, 0.1) is 4.91 Å². The Kier molecular flexibility index (Phi) is 6.45. The van der Waals surface area contributed by atoms with Gasteiger partial charge in [-0.05, 0) is 63.9 Å². The van der Waals surface area contributed by atoms with Gasteiger partial charge in [0.25, 0.3) is 11.1 Å². The number of nitrogens with zero attached hydrogens (tertiary/aromatic N) is 1. The molecule has 1 aliphatic heterocycles. The maximum absolute atomic E-state index is 12.8. The second-order valence-corrected chi connectivity index (χ2v) is 9.06. The van der Waals surface area contributed by atoms with Gasteiger partial charge in [0, 0.05) is 6.54 Å². The zero-order chi connectivity index (χ0) is 23.3. The number of hydrogen-bond donors (Lipinski definition) is 0. The second-order valence-electron chi connectivity index (χ2n) is 8.07. The third-order valence-electron chi connectivity index (χ3n) is 5.77. The largest absolute Gasteiger partial charge is 0.489 e. The fourth-order valence-electron chi connectivity index (χ4n) is 4.00. The summed E-state index contributed by atoms with van der Waals surface area (Å²) in [7, 11) is 0. The molecule has 5 rings (SSSR count). The summed E-state index contributed by atoms with van der Waals surface area (Å²) in [6.07, 6.45) is 2.40. The average molecular weight is 466 g/mol. The number of fused-ring (bicyclic) bond motifs is 1. The van der Waals surface area contributed by atoms with E-state index >= 15 is 0 Å². The lowest BCUT2D eigenvalue weighted by molar-refractivity contribution is -0.122. The summed E-state index contributed by atoms with van der Waals surface area (Å²) < 4.78 is 6.06. The van der Waals surface area contributed by atoms with Gasteiger partial charge in [-0.2, -0.15) is 0 Å². The van der Waals surface area contributed by atoms with E-state index in [2.05, 4.69) is 24.3 Å². The van der Waals surface area contributed by atoms with Crippen molar-refractivity contribution < 1.29 is 14.3 Å². The Morgan fingerprint density at radius 2 is 1.59 bits per heavy atom. The number of ether oxygens (including phenoxy) is 1. The van der Waals surface area contributed by atoms with Crippen LogP contribution >= 0.6 is 11.8 Å². The van der Waals surface area contributed by atoms with E-state index in [1.807, 2.05) is 72.8 Å². The Hall–Kier alpha value is -3.83. The van der Waals surface area contributed by atoms with Crippen molar-refractivity contribution in [2.75, 3.05) is 6.54 Å². The Labute approximate surface area is 202 Å². The summed E-state index contributed by atoms with van der Waals surface area (Å²) in [5.74, 6) is 0.470. The fraction of sp³-hybridized carbons (Fsp3) is 0.103. The Bertz CT molecular complexity index is 1380. The molecule has 4 aromatic rings. The molecule has 1 aliphatic rings. The van der Waals surface area contributed by atoms with Gasteiger partial charge in [0.2, 0.25) is 0 Å². The monoisotopic (exact) mass is 465 g/mol. The maximum atomic E-state index is 12.8. The highest BCUT2D eigenvalue weighted by Gasteiger charge is 2.34. The molecule has 0 radical (unpaired) electrons. The van der Waals surface area contributed by atoms with Crippen LogP contribution in [0.3, 0.4) is 0 Å². The molecule has 168 valence electrons. The van der Waals surface area contributed by atoms with E-state index in [0.29, 0.717) is 30.2 Å². The van der Waals surface area contributed by atoms with E-state index in [9.17, 15) is 9.59 Å². The first-order valence-electron chi connectivity index (χ1n) is 11.2. The number of imide groups is 1. The van der Waals surface area contributed by atoms with E-state index in [1.165, 1.54) is 15.7 Å². The maximum Gasteiger partial charge on any atom is 0.293 e. The minimum absolute atomic E-state index is 0.226. The molecule has 0 atom stereocenters. The molecule has 4 aromatic carbocycles. The number of carbonyl (C=O) groups excluding carboxylic acids is 2. The highest BCUT2D eigenvalue weighted by atomic mass is 32.2. The van der Waals surface area contributed by atoms with Gasteiger partial charge in [-0.1, -0.05) is 84.9 Å². The zero-order valence-electron chi connectivity index (χ0n) is 18.5. The molecule has 4 nitrogen and oxygen atoms in total. The van der Waals surface area contributed by atoms with E-state index in [-0.39, 0.29) is 11.1 Å². The van der Waals surface area contributed by atoms with Crippen LogP contribution in [-0.4, -0.2) is 22.6 Å². The van der Waals surface area contributed by atoms with E-state index < -0.39 is 0 Å². The summed E-state index contributed by atoms with van der Waals surface area (Å²) in [5, 5.41) is 2.13. The smallest absolute Gasteiger partial charge is 0.293 e. The SMILES string of the molecule is O=C1S/C(=C/c2cccc(OCc3cccc4ccccc34)c2)C(=O)N1CCc1ccccc1. The number of rotatable bonds is 7. The van der Waals surface area contributed by atoms with Crippen molar-refractivity contribution in [3.8, 4) is 5.75 Å². The molecule has 0 unspecified atom stereocenters. The summed E-state index contributed by atoms with van der Waals surface area (Å²) >= 11 is 0.987. The zero-order valence-corrected chi connectivity index (χ0v) is 19.3. The van der Waals surface area contributed by atoms with Gasteiger partial charge in [0.1, 0.15) is 12.4 Å². The quantitative estimate of drug-likeness (QED) is 0.285. The molecule has 0 saturated carbocycles. The van der Waals surface area contributed by atoms with Crippen LogP contribution in [0, 0.1) is 0 Å². The Balaban J connectivity index is 1.27. The Morgan fingerprint density at radius 1 is 0.824 bits per heavy atom. The fourth-order valence-corrected chi connectivity index (χ4v) is 4.87. The number of carbonyl (C=O) groups is 2. The third kappa shape index (κ3) is 4.90. The molecule has 2 amide bonds. The molecule has 0 spiro atoms. The van der Waals surface area contributed by atoms with Gasteiger partial charge in [-0.3, -0.25) is 14.5 Å². The Morgan fingerprint density at radius 3 is 2.47 bits per heavy atom. The summed E-state index contributed by atoms with van der Waals surface area (Å²) in [5.41, 5.74) is 3.04. The number of amides is 2. The third-order valence-corrected chi connectivity index (χ3v) is 6.68. The van der Waals surface area contributed by atoms with Crippen molar-refractivity contribution in [2.24, 2.45) is 0 Å². The van der Waals surface area contributed by atoms with E-state index in [0.717, 1.165) is 28.5 Å². The summed E-state index contributed by atoms with van der Waals surface area (Å²) in [4.78, 5) is 27.0. The number of hydrogen-bond acceptors (Lipinski definition) is 4.